The van der Waals surface area contributed by atoms with Crippen molar-refractivity contribution in [1.29, 1.82) is 0 Å². The molecular formula is C15H24N2O4. The van der Waals surface area contributed by atoms with Gasteiger partial charge in [0.2, 0.25) is 11.7 Å². The zero-order chi connectivity index (χ0) is 15.5. The van der Waals surface area contributed by atoms with Gasteiger partial charge in [-0.15, -0.1) is 0 Å². The van der Waals surface area contributed by atoms with Gasteiger partial charge in [-0.2, -0.15) is 4.98 Å². The first kappa shape index (κ1) is 15.9. The maximum Gasteiger partial charge on any atom is 0.321 e. The molecule has 0 bridgehead atoms. The lowest BCUT2D eigenvalue weighted by Gasteiger charge is -2.37. The Morgan fingerprint density at radius 3 is 2.43 bits per heavy atom. The molecule has 1 fully saturated rings. The van der Waals surface area contributed by atoms with Crippen molar-refractivity contribution in [2.45, 2.75) is 63.9 Å². The highest BCUT2D eigenvalue weighted by Gasteiger charge is 2.48. The smallest absolute Gasteiger partial charge is 0.321 e. The standard InChI is InChI=1S/C15H24N2O4/c1-5-14(6-2,13(18)20-7-3)12-16-11(17-21-12)15(19-4)9-8-10-15/h5-10H2,1-4H3. The van der Waals surface area contributed by atoms with Crippen LogP contribution in [-0.2, 0) is 25.3 Å². The molecule has 1 aliphatic rings. The number of methoxy groups -OCH3 is 1. The van der Waals surface area contributed by atoms with Crippen molar-refractivity contribution >= 4 is 5.97 Å². The summed E-state index contributed by atoms with van der Waals surface area (Å²) in [5.74, 6) is 0.580. The Labute approximate surface area is 125 Å². The Hall–Kier alpha value is -1.43. The molecule has 0 amide bonds. The molecule has 6 heteroatoms. The molecule has 1 aliphatic carbocycles. The third kappa shape index (κ3) is 2.46. The van der Waals surface area contributed by atoms with Crippen LogP contribution in [0.3, 0.4) is 0 Å². The summed E-state index contributed by atoms with van der Waals surface area (Å²) in [5, 5.41) is 4.07. The molecule has 0 radical (unpaired) electrons. The van der Waals surface area contributed by atoms with E-state index in [1.807, 2.05) is 13.8 Å². The van der Waals surface area contributed by atoms with Gasteiger partial charge in [0.25, 0.3) is 0 Å². The number of esters is 1. The van der Waals surface area contributed by atoms with Crippen LogP contribution in [0.2, 0.25) is 0 Å². The quantitative estimate of drug-likeness (QED) is 0.720. The largest absolute Gasteiger partial charge is 0.465 e. The van der Waals surface area contributed by atoms with Crippen molar-refractivity contribution in [3.05, 3.63) is 11.7 Å². The second-order valence-electron chi connectivity index (χ2n) is 5.48. The van der Waals surface area contributed by atoms with Crippen LogP contribution < -0.4 is 0 Å². The van der Waals surface area contributed by atoms with Gasteiger partial charge in [0, 0.05) is 7.11 Å². The summed E-state index contributed by atoms with van der Waals surface area (Å²) in [6, 6.07) is 0. The van der Waals surface area contributed by atoms with Crippen molar-refractivity contribution in [1.82, 2.24) is 10.1 Å². The van der Waals surface area contributed by atoms with E-state index in [-0.39, 0.29) is 5.97 Å². The Morgan fingerprint density at radius 1 is 1.33 bits per heavy atom. The van der Waals surface area contributed by atoms with Gasteiger partial charge in [-0.25, -0.2) is 0 Å². The van der Waals surface area contributed by atoms with Gasteiger partial charge >= 0.3 is 5.97 Å². The van der Waals surface area contributed by atoms with Crippen LogP contribution >= 0.6 is 0 Å². The van der Waals surface area contributed by atoms with Crippen LogP contribution in [0.15, 0.2) is 4.52 Å². The fraction of sp³-hybridized carbons (Fsp3) is 0.800. The van der Waals surface area contributed by atoms with Gasteiger partial charge in [-0.05, 0) is 39.0 Å². The first-order valence-electron chi connectivity index (χ1n) is 7.65. The first-order valence-corrected chi connectivity index (χ1v) is 7.65. The molecule has 0 N–H and O–H groups in total. The molecule has 0 atom stereocenters. The average molecular weight is 296 g/mol. The Morgan fingerprint density at radius 2 is 2.00 bits per heavy atom. The second kappa shape index (κ2) is 6.13. The Balaban J connectivity index is 2.34. The van der Waals surface area contributed by atoms with Crippen LogP contribution in [-0.4, -0.2) is 29.8 Å². The number of hydrogen-bond donors (Lipinski definition) is 0. The van der Waals surface area contributed by atoms with E-state index in [4.69, 9.17) is 14.0 Å². The molecule has 1 aromatic rings. The number of ether oxygens (including phenoxy) is 2. The molecule has 0 unspecified atom stereocenters. The lowest BCUT2D eigenvalue weighted by atomic mass is 9.79. The number of aromatic nitrogens is 2. The topological polar surface area (TPSA) is 74.5 Å². The minimum Gasteiger partial charge on any atom is -0.465 e. The number of carbonyl (C=O) groups excluding carboxylic acids is 1. The number of carbonyl (C=O) groups is 1. The van der Waals surface area contributed by atoms with Gasteiger partial charge < -0.3 is 14.0 Å². The molecule has 1 saturated carbocycles. The zero-order valence-electron chi connectivity index (χ0n) is 13.3. The molecule has 1 aromatic heterocycles. The van der Waals surface area contributed by atoms with E-state index in [1.165, 1.54) is 0 Å². The van der Waals surface area contributed by atoms with Crippen LogP contribution in [0.25, 0.3) is 0 Å². The highest BCUT2D eigenvalue weighted by Crippen LogP contribution is 2.43. The third-order valence-electron chi connectivity index (χ3n) is 4.67. The maximum atomic E-state index is 12.4. The van der Waals surface area contributed by atoms with Gasteiger partial charge in [0.05, 0.1) is 6.61 Å². The number of nitrogens with zero attached hydrogens (tertiary/aromatic N) is 2. The lowest BCUT2D eigenvalue weighted by molar-refractivity contribution is -0.151. The predicted molar refractivity (Wildman–Crippen MR) is 75.7 cm³/mol. The van der Waals surface area contributed by atoms with Crippen molar-refractivity contribution in [2.24, 2.45) is 0 Å². The summed E-state index contributed by atoms with van der Waals surface area (Å²) in [5.41, 5.74) is -1.30. The fourth-order valence-electron chi connectivity index (χ4n) is 2.82. The van der Waals surface area contributed by atoms with E-state index in [0.717, 1.165) is 19.3 Å². The summed E-state index contributed by atoms with van der Waals surface area (Å²) in [7, 11) is 1.66. The average Bonchev–Trinajstić information content (AvgIpc) is 2.91. The van der Waals surface area contributed by atoms with Crippen LogP contribution in [0.5, 0.6) is 0 Å². The van der Waals surface area contributed by atoms with Gasteiger partial charge in [0.1, 0.15) is 11.0 Å². The molecular weight excluding hydrogens is 272 g/mol. The Kier molecular flexibility index (Phi) is 4.66. The van der Waals surface area contributed by atoms with E-state index < -0.39 is 11.0 Å². The third-order valence-corrected chi connectivity index (χ3v) is 4.67. The van der Waals surface area contributed by atoms with E-state index in [1.54, 1.807) is 14.0 Å². The maximum absolute atomic E-state index is 12.4. The molecule has 2 rings (SSSR count). The molecule has 0 spiro atoms. The second-order valence-corrected chi connectivity index (χ2v) is 5.48. The minimum absolute atomic E-state index is 0.301. The predicted octanol–water partition coefficient (Wildman–Crippen LogP) is 2.72. The van der Waals surface area contributed by atoms with Gasteiger partial charge in [-0.3, -0.25) is 4.79 Å². The highest BCUT2D eigenvalue weighted by atomic mass is 16.5. The van der Waals surface area contributed by atoms with Crippen LogP contribution in [0, 0.1) is 0 Å². The summed E-state index contributed by atoms with van der Waals surface area (Å²) in [6.45, 7) is 5.99. The van der Waals surface area contributed by atoms with Crippen molar-refractivity contribution in [3.8, 4) is 0 Å². The monoisotopic (exact) mass is 296 g/mol. The summed E-state index contributed by atoms with van der Waals surface area (Å²) >= 11 is 0. The molecule has 0 aromatic carbocycles. The van der Waals surface area contributed by atoms with Crippen molar-refractivity contribution in [3.63, 3.8) is 0 Å². The Bertz CT molecular complexity index is 484. The zero-order valence-corrected chi connectivity index (χ0v) is 13.3. The van der Waals surface area contributed by atoms with Gasteiger partial charge in [-0.1, -0.05) is 19.0 Å². The molecule has 1 heterocycles. The molecule has 21 heavy (non-hydrogen) atoms. The fourth-order valence-corrected chi connectivity index (χ4v) is 2.82. The van der Waals surface area contributed by atoms with E-state index >= 15 is 0 Å². The SMILES string of the molecule is CCOC(=O)C(CC)(CC)c1nc(C2(OC)CCC2)no1. The first-order chi connectivity index (χ1) is 10.1. The highest BCUT2D eigenvalue weighted by molar-refractivity contribution is 5.81. The van der Waals surface area contributed by atoms with E-state index in [9.17, 15) is 4.79 Å². The summed E-state index contributed by atoms with van der Waals surface area (Å²) in [4.78, 5) is 16.8. The van der Waals surface area contributed by atoms with Crippen LogP contribution in [0.1, 0.15) is 64.6 Å². The van der Waals surface area contributed by atoms with Crippen molar-refractivity contribution < 1.29 is 18.8 Å². The summed E-state index contributed by atoms with van der Waals surface area (Å²) in [6.07, 6.45) is 3.97. The van der Waals surface area contributed by atoms with Crippen LogP contribution in [0.4, 0.5) is 0 Å². The molecule has 0 aliphatic heterocycles. The lowest BCUT2D eigenvalue weighted by Crippen LogP contribution is -2.39. The van der Waals surface area contributed by atoms with E-state index in [0.29, 0.717) is 31.2 Å². The normalized spacial score (nSPS) is 17.3. The minimum atomic E-state index is -0.861. The summed E-state index contributed by atoms with van der Waals surface area (Å²) < 4.78 is 16.2. The molecule has 118 valence electrons. The molecule has 6 nitrogen and oxygen atoms in total. The van der Waals surface area contributed by atoms with Gasteiger partial charge in [0.15, 0.2) is 0 Å². The van der Waals surface area contributed by atoms with E-state index in [2.05, 4.69) is 10.1 Å². The molecule has 0 saturated heterocycles. The van der Waals surface area contributed by atoms with Crippen molar-refractivity contribution in [2.75, 3.05) is 13.7 Å². The number of rotatable bonds is 7. The number of hydrogen-bond acceptors (Lipinski definition) is 6.